The molecule has 2 aliphatic heterocycles. The van der Waals surface area contributed by atoms with Gasteiger partial charge in [0, 0.05) is 12.6 Å². The highest BCUT2D eigenvalue weighted by atomic mass is 19.4. The summed E-state index contributed by atoms with van der Waals surface area (Å²) in [6, 6.07) is 3.55. The summed E-state index contributed by atoms with van der Waals surface area (Å²) in [5.74, 6) is -5.43. The molecule has 58 heavy (non-hydrogen) atoms. The molecule has 0 bridgehead atoms. The van der Waals surface area contributed by atoms with Crippen LogP contribution in [0, 0.1) is 0 Å². The predicted molar refractivity (Wildman–Crippen MR) is 192 cm³/mol. The average molecular weight is 815 g/mol. The van der Waals surface area contributed by atoms with Crippen LogP contribution in [0.3, 0.4) is 0 Å². The molecule has 2 aromatic heterocycles. The van der Waals surface area contributed by atoms with E-state index in [4.69, 9.17) is 0 Å². The number of alkyl halides is 7. The number of hydrogen-bond donors (Lipinski definition) is 0. The molecule has 4 amide bonds. The summed E-state index contributed by atoms with van der Waals surface area (Å²) in [6.45, 7) is 2.24. The van der Waals surface area contributed by atoms with Crippen LogP contribution in [0.4, 0.5) is 30.7 Å². The molecule has 0 spiro atoms. The zero-order chi connectivity index (χ0) is 42.4. The second kappa shape index (κ2) is 13.7. The number of carbonyl (C=O) groups excluding carboxylic acids is 4. The van der Waals surface area contributed by atoms with Crippen LogP contribution in [0.1, 0.15) is 105 Å². The van der Waals surface area contributed by atoms with Gasteiger partial charge < -0.3 is 0 Å². The SMILES string of the molecule is CCCC(CCC)n1c(=O)c2cc3c(=O)n(N4C(=O)c5ccc(C(c6ccc7c(c6)C(=O)N(CCCF)C7=O)(C(F)(F)F)C(F)(F)F)cc5C4=O)c(=O)c3cc2c1=O. The normalized spacial score (nSPS) is 14.9. The lowest BCUT2D eigenvalue weighted by molar-refractivity contribution is -0.288. The number of aromatic nitrogens is 2. The first-order chi connectivity index (χ1) is 27.3. The maximum absolute atomic E-state index is 15.2. The zero-order valence-corrected chi connectivity index (χ0v) is 30.3. The standard InChI is InChI=1S/C39H29F7N4O8/c1-3-6-20(7-4-2)48-31(53)25-16-27-28(17-26(25)32(48)54)36(58)50(35(27)57)49-33(55)22-11-9-19(15-24(22)34(49)56)37(38(41,42)43,39(44,45)46)18-8-10-21-23(14-18)30(52)47(29(21)51)13-5-12-40/h8-11,14-17,20H,3-7,12-13H2,1-2H3. The molecule has 0 N–H and O–H groups in total. The van der Waals surface area contributed by atoms with E-state index in [1.807, 2.05) is 13.8 Å². The average Bonchev–Trinajstić information content (AvgIpc) is 3.74. The quantitative estimate of drug-likeness (QED) is 0.128. The molecule has 19 heteroatoms. The van der Waals surface area contributed by atoms with Crippen molar-refractivity contribution in [2.45, 2.75) is 69.8 Å². The molecule has 4 heterocycles. The van der Waals surface area contributed by atoms with Crippen LogP contribution in [0.5, 0.6) is 0 Å². The van der Waals surface area contributed by atoms with E-state index < -0.39 is 127 Å². The van der Waals surface area contributed by atoms with Gasteiger partial charge >= 0.3 is 12.4 Å². The van der Waals surface area contributed by atoms with Gasteiger partial charge in [0.25, 0.3) is 45.9 Å². The van der Waals surface area contributed by atoms with Gasteiger partial charge in [0.05, 0.1) is 50.5 Å². The minimum Gasteiger partial charge on any atom is -0.274 e. The number of imide groups is 2. The lowest BCUT2D eigenvalue weighted by Gasteiger charge is -2.38. The molecule has 7 rings (SSSR count). The first-order valence-electron chi connectivity index (χ1n) is 18.0. The van der Waals surface area contributed by atoms with E-state index in [1.54, 1.807) is 0 Å². The number of fused-ring (bicyclic) bond motifs is 4. The van der Waals surface area contributed by atoms with Crippen molar-refractivity contribution in [1.29, 1.82) is 0 Å². The largest absolute Gasteiger partial charge is 0.411 e. The van der Waals surface area contributed by atoms with Crippen LogP contribution in [-0.4, -0.2) is 63.3 Å². The third-order valence-corrected chi connectivity index (χ3v) is 10.8. The lowest BCUT2D eigenvalue weighted by Crippen LogP contribution is -2.55. The van der Waals surface area contributed by atoms with Gasteiger partial charge in [0.15, 0.2) is 0 Å². The molecule has 0 saturated heterocycles. The molecule has 0 fully saturated rings. The molecule has 0 radical (unpaired) electrons. The molecular weight excluding hydrogens is 785 g/mol. The summed E-state index contributed by atoms with van der Waals surface area (Å²) in [5.41, 5.74) is -15.6. The number of halogens is 7. The smallest absolute Gasteiger partial charge is 0.274 e. The number of carbonyl (C=O) groups is 4. The van der Waals surface area contributed by atoms with Crippen molar-refractivity contribution in [1.82, 2.24) is 14.1 Å². The number of benzene rings is 3. The summed E-state index contributed by atoms with van der Waals surface area (Å²) in [4.78, 5) is 108. The number of rotatable bonds is 11. The van der Waals surface area contributed by atoms with Gasteiger partial charge in [-0.1, -0.05) is 38.8 Å². The highest BCUT2D eigenvalue weighted by Crippen LogP contribution is 2.57. The maximum atomic E-state index is 15.2. The first-order valence-corrected chi connectivity index (χ1v) is 18.0. The van der Waals surface area contributed by atoms with Crippen molar-refractivity contribution < 1.29 is 49.9 Å². The van der Waals surface area contributed by atoms with Crippen LogP contribution < -0.4 is 27.2 Å². The second-order valence-electron chi connectivity index (χ2n) is 14.1. The van der Waals surface area contributed by atoms with E-state index in [-0.39, 0.29) is 45.1 Å². The van der Waals surface area contributed by atoms with Gasteiger partial charge in [-0.15, -0.1) is 0 Å². The lowest BCUT2D eigenvalue weighted by atomic mass is 9.71. The Hall–Kier alpha value is -6.27. The summed E-state index contributed by atoms with van der Waals surface area (Å²) in [7, 11) is 0. The number of hydrogen-bond acceptors (Lipinski definition) is 8. The first kappa shape index (κ1) is 39.9. The molecule has 5 aromatic rings. The van der Waals surface area contributed by atoms with Crippen molar-refractivity contribution in [2.24, 2.45) is 0 Å². The van der Waals surface area contributed by atoms with E-state index in [0.717, 1.165) is 16.7 Å². The van der Waals surface area contributed by atoms with Crippen molar-refractivity contribution in [3.05, 3.63) is 123 Å². The predicted octanol–water partition coefficient (Wildman–Crippen LogP) is 5.35. The van der Waals surface area contributed by atoms with Crippen molar-refractivity contribution in [2.75, 3.05) is 18.2 Å². The van der Waals surface area contributed by atoms with E-state index in [2.05, 4.69) is 0 Å². The second-order valence-corrected chi connectivity index (χ2v) is 14.1. The van der Waals surface area contributed by atoms with E-state index >= 15 is 26.3 Å². The Kier molecular flexibility index (Phi) is 9.43. The minimum atomic E-state index is -6.26. The monoisotopic (exact) mass is 814 g/mol. The van der Waals surface area contributed by atoms with Gasteiger partial charge in [-0.05, 0) is 66.8 Å². The Morgan fingerprint density at radius 2 is 0.966 bits per heavy atom. The Labute approximate surface area is 320 Å². The van der Waals surface area contributed by atoms with Gasteiger partial charge in [-0.25, -0.2) is 0 Å². The fourth-order valence-corrected chi connectivity index (χ4v) is 8.13. The fraction of sp³-hybridized carbons (Fsp3) is 0.333. The Bertz CT molecular complexity index is 2730. The van der Waals surface area contributed by atoms with Crippen molar-refractivity contribution in [3.8, 4) is 0 Å². The molecule has 12 nitrogen and oxygen atoms in total. The van der Waals surface area contributed by atoms with Crippen LogP contribution in [0.25, 0.3) is 21.5 Å². The fourth-order valence-electron chi connectivity index (χ4n) is 8.13. The van der Waals surface area contributed by atoms with E-state index in [9.17, 15) is 42.7 Å². The Morgan fingerprint density at radius 3 is 1.41 bits per heavy atom. The highest BCUT2D eigenvalue weighted by molar-refractivity contribution is 6.31. The van der Waals surface area contributed by atoms with Crippen molar-refractivity contribution in [3.63, 3.8) is 0 Å². The summed E-state index contributed by atoms with van der Waals surface area (Å²) < 4.78 is 105. The van der Waals surface area contributed by atoms with Crippen LogP contribution in [0.15, 0.2) is 67.7 Å². The maximum Gasteiger partial charge on any atom is 0.411 e. The molecule has 0 aliphatic carbocycles. The number of nitrogens with zero attached hydrogens (tertiary/aromatic N) is 4. The highest BCUT2D eigenvalue weighted by Gasteiger charge is 2.73. The third-order valence-electron chi connectivity index (χ3n) is 10.8. The van der Waals surface area contributed by atoms with Crippen LogP contribution in [-0.2, 0) is 5.41 Å². The Morgan fingerprint density at radius 1 is 0.552 bits per heavy atom. The summed E-state index contributed by atoms with van der Waals surface area (Å²) in [5, 5.41) is -1.48. The molecule has 2 aliphatic rings. The summed E-state index contributed by atoms with van der Waals surface area (Å²) in [6.07, 6.45) is -10.6. The number of amides is 4. The van der Waals surface area contributed by atoms with Crippen LogP contribution in [0.2, 0.25) is 0 Å². The topological polar surface area (TPSA) is 153 Å². The molecular formula is C39H29F7N4O8. The van der Waals surface area contributed by atoms with Gasteiger partial charge in [0.2, 0.25) is 5.41 Å². The van der Waals surface area contributed by atoms with Crippen molar-refractivity contribution >= 4 is 45.2 Å². The molecule has 3 aromatic carbocycles. The zero-order valence-electron chi connectivity index (χ0n) is 30.3. The molecule has 0 atom stereocenters. The summed E-state index contributed by atoms with van der Waals surface area (Å²) >= 11 is 0. The molecule has 0 unspecified atom stereocenters. The third kappa shape index (κ3) is 5.41. The Balaban J connectivity index is 1.36. The minimum absolute atomic E-state index is 0.0341. The van der Waals surface area contributed by atoms with E-state index in [1.165, 1.54) is 0 Å². The molecule has 302 valence electrons. The molecule has 0 saturated carbocycles. The van der Waals surface area contributed by atoms with Crippen LogP contribution >= 0.6 is 0 Å². The van der Waals surface area contributed by atoms with Gasteiger partial charge in [-0.2, -0.15) is 36.0 Å². The van der Waals surface area contributed by atoms with Gasteiger partial charge in [-0.3, -0.25) is 52.2 Å². The van der Waals surface area contributed by atoms with E-state index in [0.29, 0.717) is 48.8 Å². The van der Waals surface area contributed by atoms with Gasteiger partial charge in [0.1, 0.15) is 0 Å².